The summed E-state index contributed by atoms with van der Waals surface area (Å²) in [6.07, 6.45) is 1.46. The highest BCUT2D eigenvalue weighted by molar-refractivity contribution is 7.86. The number of fused-ring (bicyclic) bond motifs is 1. The maximum atomic E-state index is 12.3. The van der Waals surface area contributed by atoms with Gasteiger partial charge in [-0.05, 0) is 32.6 Å². The Balaban J connectivity index is 2.11. The van der Waals surface area contributed by atoms with Crippen LogP contribution in [0.1, 0.15) is 26.7 Å². The first kappa shape index (κ1) is 13.3. The van der Waals surface area contributed by atoms with Gasteiger partial charge in [0.1, 0.15) is 0 Å². The molecule has 5 nitrogen and oxygen atoms in total. The maximum Gasteiger partial charge on any atom is 0.281 e. The van der Waals surface area contributed by atoms with Crippen molar-refractivity contribution in [1.29, 1.82) is 0 Å². The number of rotatable bonds is 3. The monoisotopic (exact) mass is 262 g/mol. The summed E-state index contributed by atoms with van der Waals surface area (Å²) in [5.41, 5.74) is 0. The van der Waals surface area contributed by atoms with Crippen LogP contribution < -0.4 is 0 Å². The van der Waals surface area contributed by atoms with Gasteiger partial charge in [-0.25, -0.2) is 0 Å². The van der Waals surface area contributed by atoms with Crippen molar-refractivity contribution in [3.05, 3.63) is 0 Å². The Morgan fingerprint density at radius 2 is 1.94 bits per heavy atom. The summed E-state index contributed by atoms with van der Waals surface area (Å²) in [6.45, 7) is 4.78. The summed E-state index contributed by atoms with van der Waals surface area (Å²) in [6, 6.07) is -0.0367. The lowest BCUT2D eigenvalue weighted by Gasteiger charge is -2.27. The van der Waals surface area contributed by atoms with Gasteiger partial charge in [0.2, 0.25) is 0 Å². The first-order valence-electron chi connectivity index (χ1n) is 6.25. The third-order valence-electron chi connectivity index (χ3n) is 4.20. The van der Waals surface area contributed by atoms with E-state index in [1.54, 1.807) is 7.05 Å². The number of aliphatic hydroxyl groups excluding tert-OH is 1. The van der Waals surface area contributed by atoms with Crippen LogP contribution in [0.25, 0.3) is 0 Å². The molecule has 0 aromatic carbocycles. The van der Waals surface area contributed by atoms with Crippen molar-refractivity contribution >= 4 is 10.2 Å². The van der Waals surface area contributed by atoms with Crippen LogP contribution in [0.4, 0.5) is 0 Å². The molecule has 3 unspecified atom stereocenters. The molecule has 1 saturated heterocycles. The molecule has 3 atom stereocenters. The predicted octanol–water partition coefficient (Wildman–Crippen LogP) is 0.274. The van der Waals surface area contributed by atoms with E-state index in [1.807, 2.05) is 13.8 Å². The summed E-state index contributed by atoms with van der Waals surface area (Å²) < 4.78 is 27.5. The third kappa shape index (κ3) is 2.23. The van der Waals surface area contributed by atoms with E-state index in [2.05, 4.69) is 0 Å². The lowest BCUT2D eigenvalue weighted by atomic mass is 10.00. The summed E-state index contributed by atoms with van der Waals surface area (Å²) in [5, 5.41) is 9.80. The van der Waals surface area contributed by atoms with E-state index in [4.69, 9.17) is 0 Å². The van der Waals surface area contributed by atoms with Crippen LogP contribution in [0, 0.1) is 11.8 Å². The first-order chi connectivity index (χ1) is 7.84. The van der Waals surface area contributed by atoms with Crippen LogP contribution in [0.3, 0.4) is 0 Å². The van der Waals surface area contributed by atoms with Gasteiger partial charge in [-0.15, -0.1) is 0 Å². The SMILES string of the molecule is CC(C)N(C)S(=O)(=O)N1CC2CCC(O)C2C1. The normalized spacial score (nSPS) is 34.8. The molecule has 0 aromatic heterocycles. The zero-order valence-electron chi connectivity index (χ0n) is 10.7. The average Bonchev–Trinajstić information content (AvgIpc) is 2.80. The highest BCUT2D eigenvalue weighted by Gasteiger charge is 2.46. The Kier molecular flexibility index (Phi) is 3.51. The van der Waals surface area contributed by atoms with Crippen molar-refractivity contribution in [1.82, 2.24) is 8.61 Å². The molecule has 2 fully saturated rings. The van der Waals surface area contributed by atoms with Crippen molar-refractivity contribution in [2.75, 3.05) is 20.1 Å². The van der Waals surface area contributed by atoms with Crippen LogP contribution >= 0.6 is 0 Å². The van der Waals surface area contributed by atoms with Gasteiger partial charge in [0.25, 0.3) is 10.2 Å². The number of hydrogen-bond donors (Lipinski definition) is 1. The third-order valence-corrected chi connectivity index (χ3v) is 6.30. The quantitative estimate of drug-likeness (QED) is 0.794. The minimum atomic E-state index is -3.35. The molecule has 1 aliphatic carbocycles. The van der Waals surface area contributed by atoms with Gasteiger partial charge < -0.3 is 5.11 Å². The largest absolute Gasteiger partial charge is 0.393 e. The van der Waals surface area contributed by atoms with Crippen LogP contribution in [0.2, 0.25) is 0 Å². The molecule has 17 heavy (non-hydrogen) atoms. The summed E-state index contributed by atoms with van der Waals surface area (Å²) in [7, 11) is -1.73. The Morgan fingerprint density at radius 1 is 1.29 bits per heavy atom. The van der Waals surface area contributed by atoms with Crippen molar-refractivity contribution < 1.29 is 13.5 Å². The van der Waals surface area contributed by atoms with Crippen LogP contribution in [0.5, 0.6) is 0 Å². The van der Waals surface area contributed by atoms with E-state index in [9.17, 15) is 13.5 Å². The molecule has 0 bridgehead atoms. The smallest absolute Gasteiger partial charge is 0.281 e. The highest BCUT2D eigenvalue weighted by Crippen LogP contribution is 2.39. The van der Waals surface area contributed by atoms with Crippen LogP contribution in [-0.2, 0) is 10.2 Å². The Bertz CT molecular complexity index is 382. The van der Waals surface area contributed by atoms with Gasteiger partial charge in [-0.3, -0.25) is 0 Å². The van der Waals surface area contributed by atoms with Gasteiger partial charge in [0.15, 0.2) is 0 Å². The number of aliphatic hydroxyl groups is 1. The molecule has 2 aliphatic rings. The lowest BCUT2D eigenvalue weighted by molar-refractivity contribution is 0.129. The maximum absolute atomic E-state index is 12.3. The molecule has 0 radical (unpaired) electrons. The second-order valence-corrected chi connectivity index (χ2v) is 7.49. The standard InChI is InChI=1S/C11H22N2O3S/c1-8(2)12(3)17(15,16)13-6-9-4-5-11(14)10(9)7-13/h8-11,14H,4-7H2,1-3H3. The van der Waals surface area contributed by atoms with E-state index in [1.165, 1.54) is 8.61 Å². The molecule has 0 amide bonds. The second-order valence-electron chi connectivity index (χ2n) is 5.50. The minimum Gasteiger partial charge on any atom is -0.393 e. The van der Waals surface area contributed by atoms with Crippen molar-refractivity contribution in [2.24, 2.45) is 11.8 Å². The van der Waals surface area contributed by atoms with E-state index >= 15 is 0 Å². The molecule has 100 valence electrons. The molecule has 0 aromatic rings. The Labute approximate surface area is 104 Å². The summed E-state index contributed by atoms with van der Waals surface area (Å²) >= 11 is 0. The average molecular weight is 262 g/mol. The zero-order valence-corrected chi connectivity index (χ0v) is 11.5. The predicted molar refractivity (Wildman–Crippen MR) is 65.6 cm³/mol. The molecular weight excluding hydrogens is 240 g/mol. The fourth-order valence-electron chi connectivity index (χ4n) is 2.83. The molecule has 6 heteroatoms. The molecule has 1 N–H and O–H groups in total. The van der Waals surface area contributed by atoms with Gasteiger partial charge >= 0.3 is 0 Å². The van der Waals surface area contributed by atoms with E-state index in [0.717, 1.165) is 12.8 Å². The van der Waals surface area contributed by atoms with Gasteiger partial charge in [0.05, 0.1) is 6.10 Å². The summed E-state index contributed by atoms with van der Waals surface area (Å²) in [4.78, 5) is 0. The van der Waals surface area contributed by atoms with Crippen molar-refractivity contribution in [3.8, 4) is 0 Å². The molecule has 0 spiro atoms. The van der Waals surface area contributed by atoms with Crippen LogP contribution in [0.15, 0.2) is 0 Å². The van der Waals surface area contributed by atoms with E-state index in [0.29, 0.717) is 19.0 Å². The number of nitrogens with zero attached hydrogens (tertiary/aromatic N) is 2. The fourth-order valence-corrected chi connectivity index (χ4v) is 4.47. The molecule has 1 saturated carbocycles. The van der Waals surface area contributed by atoms with Crippen molar-refractivity contribution in [2.45, 2.75) is 38.8 Å². The minimum absolute atomic E-state index is 0.0367. The molecule has 2 rings (SSSR count). The molecular formula is C11H22N2O3S. The number of hydrogen-bond acceptors (Lipinski definition) is 3. The van der Waals surface area contributed by atoms with Crippen molar-refractivity contribution in [3.63, 3.8) is 0 Å². The van der Waals surface area contributed by atoms with Gasteiger partial charge in [-0.1, -0.05) is 0 Å². The fraction of sp³-hybridized carbons (Fsp3) is 1.00. The van der Waals surface area contributed by atoms with E-state index < -0.39 is 10.2 Å². The molecule has 1 heterocycles. The zero-order chi connectivity index (χ0) is 12.8. The van der Waals surface area contributed by atoms with Crippen LogP contribution in [-0.4, -0.2) is 54.4 Å². The van der Waals surface area contributed by atoms with Gasteiger partial charge in [-0.2, -0.15) is 17.0 Å². The second kappa shape index (κ2) is 4.50. The van der Waals surface area contributed by atoms with E-state index in [-0.39, 0.29) is 18.1 Å². The first-order valence-corrected chi connectivity index (χ1v) is 7.65. The highest BCUT2D eigenvalue weighted by atomic mass is 32.2. The lowest BCUT2D eigenvalue weighted by Crippen LogP contribution is -2.44. The Morgan fingerprint density at radius 3 is 2.47 bits per heavy atom. The topological polar surface area (TPSA) is 60.9 Å². The molecule has 1 aliphatic heterocycles. The van der Waals surface area contributed by atoms with Gasteiger partial charge in [0, 0.05) is 32.1 Å². The summed E-state index contributed by atoms with van der Waals surface area (Å²) in [5.74, 6) is 0.491. The Hall–Kier alpha value is -0.170.